The van der Waals surface area contributed by atoms with E-state index in [2.05, 4.69) is 20.2 Å². The van der Waals surface area contributed by atoms with Crippen LogP contribution in [0.5, 0.6) is 0 Å². The molecule has 2 heterocycles. The second-order valence-electron chi connectivity index (χ2n) is 3.54. The summed E-state index contributed by atoms with van der Waals surface area (Å²) in [5, 5.41) is 2.05. The lowest BCUT2D eigenvalue weighted by atomic mass is 10.2. The van der Waals surface area contributed by atoms with Crippen LogP contribution in [0.2, 0.25) is 0 Å². The van der Waals surface area contributed by atoms with Crippen molar-refractivity contribution in [1.29, 1.82) is 0 Å². The van der Waals surface area contributed by atoms with E-state index in [1.165, 1.54) is 0 Å². The van der Waals surface area contributed by atoms with E-state index in [1.807, 2.05) is 24.8 Å². The van der Waals surface area contributed by atoms with Crippen molar-refractivity contribution < 1.29 is 0 Å². The fourth-order valence-corrected chi connectivity index (χ4v) is 2.12. The number of anilines is 1. The fraction of sp³-hybridized carbons (Fsp3) is 0.273. The molecule has 2 rings (SSSR count). The van der Waals surface area contributed by atoms with Gasteiger partial charge in [0.1, 0.15) is 0 Å². The number of nitrogens with two attached hydrogens (primary N) is 1. The Morgan fingerprint density at radius 1 is 1.50 bits per heavy atom. The number of rotatable bonds is 4. The van der Waals surface area contributed by atoms with E-state index in [1.54, 1.807) is 17.5 Å². The van der Waals surface area contributed by atoms with Crippen LogP contribution in [0.15, 0.2) is 29.4 Å². The zero-order chi connectivity index (χ0) is 11.4. The molecule has 0 saturated heterocycles. The van der Waals surface area contributed by atoms with Gasteiger partial charge in [0.2, 0.25) is 0 Å². The van der Waals surface area contributed by atoms with Crippen molar-refractivity contribution in [1.82, 2.24) is 9.97 Å². The maximum atomic E-state index is 5.69. The molecule has 4 nitrogen and oxygen atoms in total. The first-order valence-corrected chi connectivity index (χ1v) is 5.96. The van der Waals surface area contributed by atoms with Crippen molar-refractivity contribution in [3.8, 4) is 0 Å². The maximum Gasteiger partial charge on any atom is 0.0795 e. The largest absolute Gasteiger partial charge is 0.367 e. The van der Waals surface area contributed by atoms with Crippen LogP contribution in [-0.4, -0.2) is 17.0 Å². The minimum atomic E-state index is 0.527. The van der Waals surface area contributed by atoms with Crippen LogP contribution in [0.3, 0.4) is 0 Å². The predicted molar refractivity (Wildman–Crippen MR) is 66.3 cm³/mol. The number of hydrogen-bond acceptors (Lipinski definition) is 5. The van der Waals surface area contributed by atoms with Gasteiger partial charge >= 0.3 is 0 Å². The van der Waals surface area contributed by atoms with Crippen molar-refractivity contribution >= 4 is 17.0 Å². The minimum absolute atomic E-state index is 0.527. The van der Waals surface area contributed by atoms with Crippen molar-refractivity contribution in [3.05, 3.63) is 40.6 Å². The van der Waals surface area contributed by atoms with Gasteiger partial charge < -0.3 is 10.6 Å². The first-order valence-electron chi connectivity index (χ1n) is 5.02. The average molecular weight is 234 g/mol. The van der Waals surface area contributed by atoms with Crippen LogP contribution in [-0.2, 0) is 13.1 Å². The van der Waals surface area contributed by atoms with Gasteiger partial charge in [0, 0.05) is 25.2 Å². The van der Waals surface area contributed by atoms with Gasteiger partial charge in [0.25, 0.3) is 0 Å². The highest BCUT2D eigenvalue weighted by Crippen LogP contribution is 2.19. The Hall–Kier alpha value is -1.46. The van der Waals surface area contributed by atoms with Crippen LogP contribution in [0.1, 0.15) is 11.3 Å². The highest BCUT2D eigenvalue weighted by Gasteiger charge is 2.07. The Kier molecular flexibility index (Phi) is 3.48. The molecule has 0 radical (unpaired) electrons. The summed E-state index contributed by atoms with van der Waals surface area (Å²) in [5.41, 5.74) is 10.8. The Bertz CT molecular complexity index is 441. The number of hydrogen-bond donors (Lipinski definition) is 1. The van der Waals surface area contributed by atoms with Gasteiger partial charge in [-0.25, -0.2) is 4.98 Å². The molecule has 0 aromatic carbocycles. The van der Waals surface area contributed by atoms with E-state index in [0.717, 1.165) is 23.5 Å². The molecule has 2 aromatic heterocycles. The molecule has 2 N–H and O–H groups in total. The molecule has 84 valence electrons. The quantitative estimate of drug-likeness (QED) is 0.873. The topological polar surface area (TPSA) is 55.0 Å². The SMILES string of the molecule is CN(Cc1cscn1)c1cnccc1CN. The van der Waals surface area contributed by atoms with Gasteiger partial charge in [0.05, 0.1) is 29.6 Å². The Morgan fingerprint density at radius 2 is 2.38 bits per heavy atom. The van der Waals surface area contributed by atoms with Gasteiger partial charge in [-0.3, -0.25) is 4.98 Å². The van der Waals surface area contributed by atoms with E-state index in [4.69, 9.17) is 5.73 Å². The lowest BCUT2D eigenvalue weighted by Gasteiger charge is -2.20. The summed E-state index contributed by atoms with van der Waals surface area (Å²) in [6.07, 6.45) is 3.61. The molecule has 0 atom stereocenters. The predicted octanol–water partition coefficient (Wildman–Crippen LogP) is 1.63. The van der Waals surface area contributed by atoms with Crippen LogP contribution < -0.4 is 10.6 Å². The van der Waals surface area contributed by atoms with E-state index >= 15 is 0 Å². The number of pyridine rings is 1. The standard InChI is InChI=1S/C11H14N4S/c1-15(6-10-7-16-8-14-10)11-5-13-3-2-9(11)4-12/h2-3,5,7-8H,4,6,12H2,1H3. The summed E-state index contributed by atoms with van der Waals surface area (Å²) in [7, 11) is 2.02. The Balaban J connectivity index is 2.17. The molecule has 0 aliphatic rings. The summed E-state index contributed by atoms with van der Waals surface area (Å²) < 4.78 is 0. The van der Waals surface area contributed by atoms with E-state index in [0.29, 0.717) is 6.54 Å². The molecule has 0 spiro atoms. The van der Waals surface area contributed by atoms with Crippen molar-refractivity contribution in [2.24, 2.45) is 5.73 Å². The van der Waals surface area contributed by atoms with Gasteiger partial charge in [-0.05, 0) is 11.6 Å². The molecule has 0 fully saturated rings. The molecule has 16 heavy (non-hydrogen) atoms. The molecular weight excluding hydrogens is 220 g/mol. The molecule has 0 aliphatic carbocycles. The molecule has 0 amide bonds. The summed E-state index contributed by atoms with van der Waals surface area (Å²) in [4.78, 5) is 10.5. The molecule has 0 bridgehead atoms. The second kappa shape index (κ2) is 5.05. The van der Waals surface area contributed by atoms with Gasteiger partial charge in [-0.15, -0.1) is 11.3 Å². The fourth-order valence-electron chi connectivity index (χ4n) is 1.58. The lowest BCUT2D eigenvalue weighted by Crippen LogP contribution is -2.19. The van der Waals surface area contributed by atoms with Crippen LogP contribution in [0, 0.1) is 0 Å². The third-order valence-corrected chi connectivity index (χ3v) is 3.04. The smallest absolute Gasteiger partial charge is 0.0795 e. The Morgan fingerprint density at radius 3 is 3.06 bits per heavy atom. The molecule has 2 aromatic rings. The third-order valence-electron chi connectivity index (χ3n) is 2.40. The monoisotopic (exact) mass is 234 g/mol. The van der Waals surface area contributed by atoms with E-state index in [9.17, 15) is 0 Å². The normalized spacial score (nSPS) is 10.4. The molecular formula is C11H14N4S. The first kappa shape index (κ1) is 11.0. The average Bonchev–Trinajstić information content (AvgIpc) is 2.81. The van der Waals surface area contributed by atoms with Crippen LogP contribution in [0.4, 0.5) is 5.69 Å². The summed E-state index contributed by atoms with van der Waals surface area (Å²) in [6.45, 7) is 1.31. The van der Waals surface area contributed by atoms with Crippen molar-refractivity contribution in [2.75, 3.05) is 11.9 Å². The van der Waals surface area contributed by atoms with Gasteiger partial charge in [0.15, 0.2) is 0 Å². The molecule has 5 heteroatoms. The molecule has 0 aliphatic heterocycles. The number of aromatic nitrogens is 2. The summed E-state index contributed by atoms with van der Waals surface area (Å²) >= 11 is 1.61. The number of thiazole rings is 1. The lowest BCUT2D eigenvalue weighted by molar-refractivity contribution is 0.875. The highest BCUT2D eigenvalue weighted by molar-refractivity contribution is 7.07. The van der Waals surface area contributed by atoms with Crippen LogP contribution in [0.25, 0.3) is 0 Å². The van der Waals surface area contributed by atoms with Gasteiger partial charge in [-0.2, -0.15) is 0 Å². The van der Waals surface area contributed by atoms with Crippen LogP contribution >= 0.6 is 11.3 Å². The zero-order valence-corrected chi connectivity index (χ0v) is 9.94. The summed E-state index contributed by atoms with van der Waals surface area (Å²) in [5.74, 6) is 0. The Labute approximate surface area is 98.8 Å². The summed E-state index contributed by atoms with van der Waals surface area (Å²) in [6, 6.07) is 1.95. The molecule has 0 unspecified atom stereocenters. The highest BCUT2D eigenvalue weighted by atomic mass is 32.1. The third kappa shape index (κ3) is 2.37. The van der Waals surface area contributed by atoms with Crippen molar-refractivity contribution in [2.45, 2.75) is 13.1 Å². The second-order valence-corrected chi connectivity index (χ2v) is 4.26. The number of nitrogens with zero attached hydrogens (tertiary/aromatic N) is 3. The molecule has 0 saturated carbocycles. The van der Waals surface area contributed by atoms with Crippen molar-refractivity contribution in [3.63, 3.8) is 0 Å². The minimum Gasteiger partial charge on any atom is -0.367 e. The zero-order valence-electron chi connectivity index (χ0n) is 9.13. The van der Waals surface area contributed by atoms with Gasteiger partial charge in [-0.1, -0.05) is 0 Å². The van der Waals surface area contributed by atoms with E-state index in [-0.39, 0.29) is 0 Å². The maximum absolute atomic E-state index is 5.69. The van der Waals surface area contributed by atoms with E-state index < -0.39 is 0 Å². The first-order chi connectivity index (χ1) is 7.81.